The Labute approximate surface area is 143 Å². The van der Waals surface area contributed by atoms with Crippen LogP contribution in [0.4, 0.5) is 10.2 Å². The molecule has 0 aliphatic rings. The SMILES string of the molecule is Cc1ccc(NCCNC(=O)c2cc(-c3ccc(F)cc3)on2)nn1. The number of hydrogen-bond donors (Lipinski definition) is 2. The first-order valence-electron chi connectivity index (χ1n) is 7.67. The Morgan fingerprint density at radius 1 is 1.12 bits per heavy atom. The molecule has 7 nitrogen and oxygen atoms in total. The number of anilines is 1. The van der Waals surface area contributed by atoms with Crippen LogP contribution in [0, 0.1) is 12.7 Å². The van der Waals surface area contributed by atoms with E-state index in [1.807, 2.05) is 19.1 Å². The van der Waals surface area contributed by atoms with Crippen LogP contribution in [0.3, 0.4) is 0 Å². The van der Waals surface area contributed by atoms with Crippen LogP contribution in [0.25, 0.3) is 11.3 Å². The molecule has 0 saturated heterocycles. The van der Waals surface area contributed by atoms with Gasteiger partial charge in [-0.15, -0.1) is 5.10 Å². The summed E-state index contributed by atoms with van der Waals surface area (Å²) in [5.74, 6) is 0.346. The van der Waals surface area contributed by atoms with E-state index in [1.165, 1.54) is 18.2 Å². The maximum atomic E-state index is 12.9. The molecule has 0 aliphatic carbocycles. The summed E-state index contributed by atoms with van der Waals surface area (Å²) >= 11 is 0. The van der Waals surface area contributed by atoms with Crippen molar-refractivity contribution in [2.24, 2.45) is 0 Å². The van der Waals surface area contributed by atoms with Crippen molar-refractivity contribution in [1.29, 1.82) is 0 Å². The van der Waals surface area contributed by atoms with Crippen molar-refractivity contribution >= 4 is 11.7 Å². The molecule has 1 amide bonds. The summed E-state index contributed by atoms with van der Waals surface area (Å²) < 4.78 is 18.1. The Hall–Kier alpha value is -3.29. The van der Waals surface area contributed by atoms with E-state index in [0.29, 0.717) is 30.2 Å². The molecule has 2 N–H and O–H groups in total. The highest BCUT2D eigenvalue weighted by Gasteiger charge is 2.13. The summed E-state index contributed by atoms with van der Waals surface area (Å²) in [4.78, 5) is 12.1. The number of nitrogens with one attached hydrogen (secondary N) is 2. The highest BCUT2D eigenvalue weighted by molar-refractivity contribution is 5.93. The predicted molar refractivity (Wildman–Crippen MR) is 89.5 cm³/mol. The average Bonchev–Trinajstić information content (AvgIpc) is 3.11. The molecule has 0 fully saturated rings. The third kappa shape index (κ3) is 4.37. The zero-order valence-corrected chi connectivity index (χ0v) is 13.5. The number of amides is 1. The molecule has 2 heterocycles. The van der Waals surface area contributed by atoms with Crippen molar-refractivity contribution in [1.82, 2.24) is 20.7 Å². The summed E-state index contributed by atoms with van der Waals surface area (Å²) in [5.41, 5.74) is 1.64. The molecule has 1 aromatic carbocycles. The number of benzene rings is 1. The summed E-state index contributed by atoms with van der Waals surface area (Å²) in [6, 6.07) is 10.9. The molecule has 0 saturated carbocycles. The number of hydrogen-bond acceptors (Lipinski definition) is 6. The van der Waals surface area contributed by atoms with Crippen LogP contribution in [0.5, 0.6) is 0 Å². The lowest BCUT2D eigenvalue weighted by molar-refractivity contribution is 0.0946. The van der Waals surface area contributed by atoms with Gasteiger partial charge in [-0.1, -0.05) is 5.16 Å². The Bertz CT molecular complexity index is 846. The summed E-state index contributed by atoms with van der Waals surface area (Å²) in [7, 11) is 0. The Morgan fingerprint density at radius 2 is 1.92 bits per heavy atom. The van der Waals surface area contributed by atoms with Crippen molar-refractivity contribution in [2.45, 2.75) is 6.92 Å². The van der Waals surface area contributed by atoms with E-state index in [4.69, 9.17) is 4.52 Å². The molecular formula is C17H16FN5O2. The maximum absolute atomic E-state index is 12.9. The number of rotatable bonds is 6. The lowest BCUT2D eigenvalue weighted by Crippen LogP contribution is -2.29. The first kappa shape index (κ1) is 16.6. The van der Waals surface area contributed by atoms with Crippen molar-refractivity contribution in [3.05, 3.63) is 59.7 Å². The van der Waals surface area contributed by atoms with E-state index < -0.39 is 0 Å². The quantitative estimate of drug-likeness (QED) is 0.669. The Balaban J connectivity index is 1.50. The second kappa shape index (κ2) is 7.52. The fraction of sp³-hybridized carbons (Fsp3) is 0.176. The molecule has 2 aromatic heterocycles. The van der Waals surface area contributed by atoms with Crippen molar-refractivity contribution in [2.75, 3.05) is 18.4 Å². The van der Waals surface area contributed by atoms with Gasteiger partial charge in [0.2, 0.25) is 0 Å². The second-order valence-electron chi connectivity index (χ2n) is 5.33. The topological polar surface area (TPSA) is 92.9 Å². The minimum atomic E-state index is -0.353. The largest absolute Gasteiger partial charge is 0.367 e. The molecule has 0 atom stereocenters. The third-order valence-corrected chi connectivity index (χ3v) is 3.39. The summed E-state index contributed by atoms with van der Waals surface area (Å²) in [6.07, 6.45) is 0. The van der Waals surface area contributed by atoms with Gasteiger partial charge in [0.15, 0.2) is 11.5 Å². The monoisotopic (exact) mass is 341 g/mol. The standard InChI is InChI=1S/C17H16FN5O2/c1-11-2-7-16(22-21-11)19-8-9-20-17(24)14-10-15(25-23-14)12-3-5-13(18)6-4-12/h2-7,10H,8-9H2,1H3,(H,19,22)(H,20,24). The van der Waals surface area contributed by atoms with Gasteiger partial charge in [0.1, 0.15) is 11.6 Å². The minimum Gasteiger partial charge on any atom is -0.367 e. The first-order valence-corrected chi connectivity index (χ1v) is 7.67. The van der Waals surface area contributed by atoms with Gasteiger partial charge in [-0.3, -0.25) is 4.79 Å². The van der Waals surface area contributed by atoms with Gasteiger partial charge >= 0.3 is 0 Å². The number of nitrogens with zero attached hydrogens (tertiary/aromatic N) is 3. The zero-order valence-electron chi connectivity index (χ0n) is 13.5. The van der Waals surface area contributed by atoms with Crippen LogP contribution in [0.1, 0.15) is 16.2 Å². The van der Waals surface area contributed by atoms with Gasteiger partial charge in [0.25, 0.3) is 5.91 Å². The van der Waals surface area contributed by atoms with Crippen molar-refractivity contribution < 1.29 is 13.7 Å². The van der Waals surface area contributed by atoms with Crippen molar-refractivity contribution in [3.8, 4) is 11.3 Å². The van der Waals surface area contributed by atoms with Crippen LogP contribution < -0.4 is 10.6 Å². The van der Waals surface area contributed by atoms with Gasteiger partial charge in [-0.05, 0) is 43.3 Å². The van der Waals surface area contributed by atoms with Gasteiger partial charge in [-0.25, -0.2) is 4.39 Å². The van der Waals surface area contributed by atoms with E-state index in [1.54, 1.807) is 12.1 Å². The molecule has 0 bridgehead atoms. The molecule has 0 unspecified atom stereocenters. The first-order chi connectivity index (χ1) is 12.1. The molecular weight excluding hydrogens is 325 g/mol. The molecule has 0 aliphatic heterocycles. The number of aryl methyl sites for hydroxylation is 1. The van der Waals surface area contributed by atoms with E-state index in [0.717, 1.165) is 5.69 Å². The molecule has 25 heavy (non-hydrogen) atoms. The normalized spacial score (nSPS) is 10.5. The highest BCUT2D eigenvalue weighted by atomic mass is 19.1. The van der Waals surface area contributed by atoms with E-state index >= 15 is 0 Å². The smallest absolute Gasteiger partial charge is 0.273 e. The van der Waals surface area contributed by atoms with Crippen molar-refractivity contribution in [3.63, 3.8) is 0 Å². The van der Waals surface area contributed by atoms with Gasteiger partial charge in [-0.2, -0.15) is 5.10 Å². The minimum absolute atomic E-state index is 0.162. The average molecular weight is 341 g/mol. The van der Waals surface area contributed by atoms with Crippen LogP contribution in [0.2, 0.25) is 0 Å². The fourth-order valence-electron chi connectivity index (χ4n) is 2.08. The van der Waals surface area contributed by atoms with Crippen LogP contribution in [-0.4, -0.2) is 34.4 Å². The van der Waals surface area contributed by atoms with Crippen LogP contribution in [-0.2, 0) is 0 Å². The Kier molecular flexibility index (Phi) is 4.98. The Morgan fingerprint density at radius 3 is 2.64 bits per heavy atom. The molecule has 0 spiro atoms. The molecule has 3 rings (SSSR count). The van der Waals surface area contributed by atoms with Gasteiger partial charge in [0, 0.05) is 24.7 Å². The third-order valence-electron chi connectivity index (χ3n) is 3.39. The van der Waals surface area contributed by atoms with E-state index in [-0.39, 0.29) is 17.4 Å². The highest BCUT2D eigenvalue weighted by Crippen LogP contribution is 2.20. The number of aromatic nitrogens is 3. The second-order valence-corrected chi connectivity index (χ2v) is 5.33. The molecule has 128 valence electrons. The molecule has 8 heteroatoms. The number of carbonyl (C=O) groups excluding carboxylic acids is 1. The predicted octanol–water partition coefficient (Wildman–Crippen LogP) is 2.42. The van der Waals surface area contributed by atoms with E-state index in [9.17, 15) is 9.18 Å². The summed E-state index contributed by atoms with van der Waals surface area (Å²) in [6.45, 7) is 2.73. The summed E-state index contributed by atoms with van der Waals surface area (Å²) in [5, 5.41) is 17.4. The van der Waals surface area contributed by atoms with Gasteiger partial charge < -0.3 is 15.2 Å². The lowest BCUT2D eigenvalue weighted by atomic mass is 10.1. The molecule has 0 radical (unpaired) electrons. The zero-order chi connectivity index (χ0) is 17.6. The maximum Gasteiger partial charge on any atom is 0.273 e. The number of halogens is 1. The van der Waals surface area contributed by atoms with Crippen LogP contribution >= 0.6 is 0 Å². The number of carbonyl (C=O) groups is 1. The fourth-order valence-corrected chi connectivity index (χ4v) is 2.08. The van der Waals surface area contributed by atoms with E-state index in [2.05, 4.69) is 26.0 Å². The lowest BCUT2D eigenvalue weighted by Gasteiger charge is -2.05. The van der Waals surface area contributed by atoms with Gasteiger partial charge in [0.05, 0.1) is 5.69 Å². The molecule has 3 aromatic rings. The van der Waals surface area contributed by atoms with Crippen LogP contribution in [0.15, 0.2) is 47.0 Å².